The summed E-state index contributed by atoms with van der Waals surface area (Å²) in [5.41, 5.74) is 0. The number of hydrogen-bond acceptors (Lipinski definition) is 5. The van der Waals surface area contributed by atoms with Crippen LogP contribution < -0.4 is 9.46 Å². The Morgan fingerprint density at radius 2 is 2.04 bits per heavy atom. The summed E-state index contributed by atoms with van der Waals surface area (Å²) in [6, 6.07) is 7.87. The highest BCUT2D eigenvalue weighted by Crippen LogP contribution is 2.28. The number of piperidine rings is 1. The molecule has 26 heavy (non-hydrogen) atoms. The molecule has 0 unspecified atom stereocenters. The zero-order chi connectivity index (χ0) is 18.7. The maximum atomic E-state index is 12.7. The summed E-state index contributed by atoms with van der Waals surface area (Å²) in [4.78, 5) is 14.0. The van der Waals surface area contributed by atoms with Gasteiger partial charge in [-0.25, -0.2) is 13.1 Å². The Balaban J connectivity index is 1.65. The Kier molecular flexibility index (Phi) is 5.69. The van der Waals surface area contributed by atoms with Gasteiger partial charge in [-0.3, -0.25) is 4.79 Å². The molecule has 1 amide bonds. The quantitative estimate of drug-likeness (QED) is 0.768. The maximum Gasteiger partial charge on any atom is 0.289 e. The van der Waals surface area contributed by atoms with E-state index in [9.17, 15) is 13.2 Å². The first-order valence-electron chi connectivity index (χ1n) is 8.09. The molecule has 1 fully saturated rings. The number of nitrogens with zero attached hydrogens (tertiary/aromatic N) is 1. The molecular weight excluding hydrogens is 424 g/mol. The smallest absolute Gasteiger partial charge is 0.289 e. The SMILES string of the molecule is COc1ccc(Br)cc1S(=O)(=O)NC1CCN(C(=O)c2ccco2)CC1. The minimum atomic E-state index is -3.73. The zero-order valence-electron chi connectivity index (χ0n) is 14.1. The van der Waals surface area contributed by atoms with Crippen LogP contribution in [0.3, 0.4) is 0 Å². The van der Waals surface area contributed by atoms with Crippen molar-refractivity contribution >= 4 is 31.9 Å². The van der Waals surface area contributed by atoms with Gasteiger partial charge in [-0.05, 0) is 43.2 Å². The first-order chi connectivity index (χ1) is 12.4. The van der Waals surface area contributed by atoms with E-state index in [2.05, 4.69) is 20.7 Å². The number of halogens is 1. The van der Waals surface area contributed by atoms with Crippen LogP contribution in [-0.4, -0.2) is 45.5 Å². The standard InChI is InChI=1S/C17H19BrN2O5S/c1-24-14-5-4-12(18)11-16(14)26(22,23)19-13-6-8-20(9-7-13)17(21)15-3-2-10-25-15/h2-5,10-11,13,19H,6-9H2,1H3. The van der Waals surface area contributed by atoms with Gasteiger partial charge in [0, 0.05) is 23.6 Å². The molecule has 1 saturated heterocycles. The molecule has 0 saturated carbocycles. The number of sulfonamides is 1. The van der Waals surface area contributed by atoms with E-state index in [1.54, 1.807) is 29.2 Å². The van der Waals surface area contributed by atoms with E-state index >= 15 is 0 Å². The van der Waals surface area contributed by atoms with Gasteiger partial charge in [-0.15, -0.1) is 0 Å². The van der Waals surface area contributed by atoms with E-state index in [-0.39, 0.29) is 22.6 Å². The van der Waals surface area contributed by atoms with Crippen LogP contribution in [0.25, 0.3) is 0 Å². The molecule has 2 aromatic rings. The summed E-state index contributed by atoms with van der Waals surface area (Å²) < 4.78 is 39.1. The van der Waals surface area contributed by atoms with Crippen molar-refractivity contribution in [3.63, 3.8) is 0 Å². The number of likely N-dealkylation sites (tertiary alicyclic amines) is 1. The Morgan fingerprint density at radius 3 is 2.65 bits per heavy atom. The van der Waals surface area contributed by atoms with Crippen molar-refractivity contribution in [2.75, 3.05) is 20.2 Å². The van der Waals surface area contributed by atoms with Gasteiger partial charge in [-0.2, -0.15) is 0 Å². The van der Waals surface area contributed by atoms with Crippen molar-refractivity contribution in [3.05, 3.63) is 46.8 Å². The number of rotatable bonds is 5. The lowest BCUT2D eigenvalue weighted by Crippen LogP contribution is -2.46. The maximum absolute atomic E-state index is 12.7. The highest BCUT2D eigenvalue weighted by molar-refractivity contribution is 9.10. The first-order valence-corrected chi connectivity index (χ1v) is 10.4. The molecule has 0 bridgehead atoms. The predicted molar refractivity (Wildman–Crippen MR) is 98.6 cm³/mol. The molecule has 1 aliphatic heterocycles. The Bertz CT molecular complexity index is 875. The molecule has 9 heteroatoms. The fourth-order valence-corrected chi connectivity index (χ4v) is 4.91. The van der Waals surface area contributed by atoms with Crippen LogP contribution in [0.1, 0.15) is 23.4 Å². The van der Waals surface area contributed by atoms with Crippen LogP contribution >= 0.6 is 15.9 Å². The monoisotopic (exact) mass is 442 g/mol. The van der Waals surface area contributed by atoms with Crippen molar-refractivity contribution in [3.8, 4) is 5.75 Å². The number of amides is 1. The average molecular weight is 443 g/mol. The molecule has 0 spiro atoms. The van der Waals surface area contributed by atoms with E-state index in [4.69, 9.17) is 9.15 Å². The minimum absolute atomic E-state index is 0.0865. The van der Waals surface area contributed by atoms with Gasteiger partial charge in [0.25, 0.3) is 5.91 Å². The lowest BCUT2D eigenvalue weighted by molar-refractivity contribution is 0.0679. The van der Waals surface area contributed by atoms with Gasteiger partial charge in [0.1, 0.15) is 10.6 Å². The molecule has 7 nitrogen and oxygen atoms in total. The van der Waals surface area contributed by atoms with E-state index < -0.39 is 10.0 Å². The van der Waals surface area contributed by atoms with Crippen LogP contribution in [0, 0.1) is 0 Å². The topological polar surface area (TPSA) is 88.9 Å². The number of ether oxygens (including phenoxy) is 1. The van der Waals surface area contributed by atoms with Crippen LogP contribution in [0.15, 0.2) is 50.4 Å². The van der Waals surface area contributed by atoms with Gasteiger partial charge in [-0.1, -0.05) is 15.9 Å². The van der Waals surface area contributed by atoms with Crippen molar-refractivity contribution in [2.24, 2.45) is 0 Å². The molecular formula is C17H19BrN2O5S. The Labute approximate surface area is 160 Å². The number of benzene rings is 1. The lowest BCUT2D eigenvalue weighted by atomic mass is 10.1. The normalized spacial score (nSPS) is 15.8. The van der Waals surface area contributed by atoms with Crippen molar-refractivity contribution in [1.29, 1.82) is 0 Å². The third kappa shape index (κ3) is 4.11. The zero-order valence-corrected chi connectivity index (χ0v) is 16.5. The summed E-state index contributed by atoms with van der Waals surface area (Å²) in [7, 11) is -2.30. The Hall–Kier alpha value is -1.84. The van der Waals surface area contributed by atoms with Gasteiger partial charge in [0.2, 0.25) is 10.0 Å². The number of carbonyl (C=O) groups is 1. The van der Waals surface area contributed by atoms with Crippen LogP contribution in [0.5, 0.6) is 5.75 Å². The van der Waals surface area contributed by atoms with Crippen molar-refractivity contribution in [1.82, 2.24) is 9.62 Å². The average Bonchev–Trinajstić information content (AvgIpc) is 3.16. The fraction of sp³-hybridized carbons (Fsp3) is 0.353. The second-order valence-electron chi connectivity index (χ2n) is 5.96. The summed E-state index contributed by atoms with van der Waals surface area (Å²) in [6.45, 7) is 0.921. The van der Waals surface area contributed by atoms with Gasteiger partial charge >= 0.3 is 0 Å². The van der Waals surface area contributed by atoms with E-state index in [0.29, 0.717) is 36.2 Å². The highest BCUT2D eigenvalue weighted by atomic mass is 79.9. The summed E-state index contributed by atoms with van der Waals surface area (Å²) in [5.74, 6) is 0.402. The largest absolute Gasteiger partial charge is 0.495 e. The van der Waals surface area contributed by atoms with Crippen LogP contribution in [-0.2, 0) is 10.0 Å². The first kappa shape index (κ1) is 18.9. The van der Waals surface area contributed by atoms with Crippen LogP contribution in [0.2, 0.25) is 0 Å². The summed E-state index contributed by atoms with van der Waals surface area (Å²) >= 11 is 3.29. The fourth-order valence-electron chi connectivity index (χ4n) is 2.90. The molecule has 1 aromatic carbocycles. The lowest BCUT2D eigenvalue weighted by Gasteiger charge is -2.31. The molecule has 0 atom stereocenters. The van der Waals surface area contributed by atoms with E-state index in [0.717, 1.165) is 0 Å². The second-order valence-corrected chi connectivity index (χ2v) is 8.56. The third-order valence-corrected chi connectivity index (χ3v) is 6.29. The minimum Gasteiger partial charge on any atom is -0.495 e. The molecule has 1 aromatic heterocycles. The second kappa shape index (κ2) is 7.81. The number of hydrogen-bond donors (Lipinski definition) is 1. The number of carbonyl (C=O) groups excluding carboxylic acids is 1. The summed E-state index contributed by atoms with van der Waals surface area (Å²) in [5, 5.41) is 0. The van der Waals surface area contributed by atoms with Gasteiger partial charge in [0.05, 0.1) is 13.4 Å². The number of methoxy groups -OCH3 is 1. The molecule has 2 heterocycles. The Morgan fingerprint density at radius 1 is 1.31 bits per heavy atom. The number of nitrogens with one attached hydrogen (secondary N) is 1. The van der Waals surface area contributed by atoms with Crippen molar-refractivity contribution in [2.45, 2.75) is 23.8 Å². The van der Waals surface area contributed by atoms with Gasteiger partial charge in [0.15, 0.2) is 5.76 Å². The molecule has 0 aliphatic carbocycles. The summed E-state index contributed by atoms with van der Waals surface area (Å²) in [6.07, 6.45) is 2.52. The van der Waals surface area contributed by atoms with E-state index in [1.807, 2.05) is 0 Å². The predicted octanol–water partition coefficient (Wildman–Crippen LogP) is 2.63. The molecule has 1 aliphatic rings. The molecule has 3 rings (SSSR count). The van der Waals surface area contributed by atoms with E-state index in [1.165, 1.54) is 19.4 Å². The molecule has 0 radical (unpaired) electrons. The third-order valence-electron chi connectivity index (χ3n) is 4.25. The van der Waals surface area contributed by atoms with Crippen molar-refractivity contribution < 1.29 is 22.4 Å². The van der Waals surface area contributed by atoms with Crippen LogP contribution in [0.4, 0.5) is 0 Å². The number of furan rings is 1. The highest BCUT2D eigenvalue weighted by Gasteiger charge is 2.29. The molecule has 1 N–H and O–H groups in total. The van der Waals surface area contributed by atoms with Gasteiger partial charge < -0.3 is 14.1 Å². The molecule has 140 valence electrons.